The number of pyridine rings is 1. The Balaban J connectivity index is 2.31. The molecular formula is C14H11N5O. The van der Waals surface area contributed by atoms with Gasteiger partial charge in [-0.15, -0.1) is 5.10 Å². The van der Waals surface area contributed by atoms with Crippen LogP contribution in [0.3, 0.4) is 0 Å². The van der Waals surface area contributed by atoms with Gasteiger partial charge in [0.15, 0.2) is 0 Å². The largest absolute Gasteiger partial charge is 0.366 e. The lowest BCUT2D eigenvalue weighted by atomic mass is 10.0. The average molecular weight is 265 g/mol. The third-order valence-corrected chi connectivity index (χ3v) is 2.90. The van der Waals surface area contributed by atoms with Crippen molar-refractivity contribution in [2.75, 3.05) is 0 Å². The molecule has 2 heterocycles. The van der Waals surface area contributed by atoms with E-state index in [2.05, 4.69) is 15.3 Å². The van der Waals surface area contributed by atoms with Gasteiger partial charge >= 0.3 is 0 Å². The van der Waals surface area contributed by atoms with E-state index < -0.39 is 5.91 Å². The van der Waals surface area contributed by atoms with Gasteiger partial charge in [-0.1, -0.05) is 17.3 Å². The fraction of sp³-hybridized carbons (Fsp3) is 0. The second-order valence-electron chi connectivity index (χ2n) is 4.13. The molecule has 0 aliphatic rings. The number of aromatic nitrogens is 4. The molecule has 2 N–H and O–H groups in total. The summed E-state index contributed by atoms with van der Waals surface area (Å²) in [6.45, 7) is 0. The molecule has 0 saturated heterocycles. The van der Waals surface area contributed by atoms with Gasteiger partial charge in [-0.3, -0.25) is 9.78 Å². The number of carbonyl (C=O) groups excluding carboxylic acids is 1. The highest BCUT2D eigenvalue weighted by Gasteiger charge is 2.16. The molecular weight excluding hydrogens is 254 g/mol. The summed E-state index contributed by atoms with van der Waals surface area (Å²) in [6, 6.07) is 10.8. The highest BCUT2D eigenvalue weighted by Crippen LogP contribution is 2.28. The second-order valence-corrected chi connectivity index (χ2v) is 4.13. The molecule has 0 unspecified atom stereocenters. The number of nitrogens with two attached hydrogens (primary N) is 1. The predicted molar refractivity (Wildman–Crippen MR) is 73.1 cm³/mol. The van der Waals surface area contributed by atoms with Crippen LogP contribution in [0, 0.1) is 0 Å². The molecule has 98 valence electrons. The van der Waals surface area contributed by atoms with E-state index in [4.69, 9.17) is 5.73 Å². The van der Waals surface area contributed by atoms with E-state index in [0.717, 1.165) is 0 Å². The Hall–Kier alpha value is -3.02. The van der Waals surface area contributed by atoms with Crippen LogP contribution in [0.25, 0.3) is 16.9 Å². The van der Waals surface area contributed by atoms with Gasteiger partial charge < -0.3 is 5.73 Å². The highest BCUT2D eigenvalue weighted by atomic mass is 16.1. The Kier molecular flexibility index (Phi) is 2.96. The van der Waals surface area contributed by atoms with Crippen LogP contribution >= 0.6 is 0 Å². The van der Waals surface area contributed by atoms with Crippen LogP contribution in [0.15, 0.2) is 55.0 Å². The first-order valence-corrected chi connectivity index (χ1v) is 5.98. The summed E-state index contributed by atoms with van der Waals surface area (Å²) >= 11 is 0. The molecule has 6 nitrogen and oxygen atoms in total. The first kappa shape index (κ1) is 12.0. The average Bonchev–Trinajstić information content (AvgIpc) is 3.01. The second kappa shape index (κ2) is 4.93. The minimum Gasteiger partial charge on any atom is -0.366 e. The van der Waals surface area contributed by atoms with Crippen molar-refractivity contribution in [2.45, 2.75) is 0 Å². The summed E-state index contributed by atoms with van der Waals surface area (Å²) in [5.74, 6) is -0.507. The molecule has 0 atom stereocenters. The van der Waals surface area contributed by atoms with Crippen molar-refractivity contribution in [1.82, 2.24) is 20.0 Å². The zero-order valence-electron chi connectivity index (χ0n) is 10.5. The molecule has 0 bridgehead atoms. The van der Waals surface area contributed by atoms with Crippen LogP contribution in [0.5, 0.6) is 0 Å². The lowest BCUT2D eigenvalue weighted by molar-refractivity contribution is 0.100. The van der Waals surface area contributed by atoms with E-state index in [1.54, 1.807) is 35.4 Å². The summed E-state index contributed by atoms with van der Waals surface area (Å²) in [6.07, 6.45) is 4.93. The maximum Gasteiger partial charge on any atom is 0.249 e. The van der Waals surface area contributed by atoms with Crippen LogP contribution < -0.4 is 5.73 Å². The Bertz CT molecular complexity index is 738. The van der Waals surface area contributed by atoms with E-state index in [1.165, 1.54) is 0 Å². The predicted octanol–water partition coefficient (Wildman–Crippen LogP) is 1.43. The fourth-order valence-electron chi connectivity index (χ4n) is 2.05. The molecule has 3 aromatic rings. The van der Waals surface area contributed by atoms with Gasteiger partial charge in [-0.2, -0.15) is 0 Å². The van der Waals surface area contributed by atoms with Crippen molar-refractivity contribution in [1.29, 1.82) is 0 Å². The number of carbonyl (C=O) groups is 1. The number of rotatable bonds is 3. The minimum atomic E-state index is -0.507. The number of amides is 1. The van der Waals surface area contributed by atoms with Gasteiger partial charge in [0.2, 0.25) is 5.91 Å². The number of hydrogen-bond donors (Lipinski definition) is 1. The molecule has 0 aliphatic carbocycles. The number of benzene rings is 1. The standard InChI is InChI=1S/C14H11N5O/c15-14(20)10-4-3-6-12(19-9-8-17-18-19)13(10)11-5-1-2-7-16-11/h1-9H,(H2,15,20). The van der Waals surface area contributed by atoms with Crippen LogP contribution in [-0.4, -0.2) is 25.9 Å². The van der Waals surface area contributed by atoms with Gasteiger partial charge in [0.1, 0.15) is 0 Å². The molecule has 20 heavy (non-hydrogen) atoms. The van der Waals surface area contributed by atoms with Crippen molar-refractivity contribution in [3.8, 4) is 16.9 Å². The molecule has 0 spiro atoms. The summed E-state index contributed by atoms with van der Waals surface area (Å²) in [5.41, 5.74) is 7.87. The van der Waals surface area contributed by atoms with Gasteiger partial charge in [-0.05, 0) is 24.3 Å². The van der Waals surface area contributed by atoms with Crippen LogP contribution in [0.4, 0.5) is 0 Å². The van der Waals surface area contributed by atoms with Crippen molar-refractivity contribution in [2.24, 2.45) is 5.73 Å². The summed E-state index contributed by atoms with van der Waals surface area (Å²) in [5, 5.41) is 7.74. The van der Waals surface area contributed by atoms with Crippen LogP contribution in [-0.2, 0) is 0 Å². The molecule has 0 fully saturated rings. The van der Waals surface area contributed by atoms with Gasteiger partial charge in [0.05, 0.1) is 29.3 Å². The molecule has 2 aromatic heterocycles. The van der Waals surface area contributed by atoms with E-state index in [-0.39, 0.29) is 0 Å². The van der Waals surface area contributed by atoms with E-state index in [1.807, 2.05) is 24.3 Å². The molecule has 3 rings (SSSR count). The smallest absolute Gasteiger partial charge is 0.249 e. The highest BCUT2D eigenvalue weighted by molar-refractivity contribution is 6.01. The molecule has 0 aliphatic heterocycles. The van der Waals surface area contributed by atoms with Crippen LogP contribution in [0.2, 0.25) is 0 Å². The molecule has 0 radical (unpaired) electrons. The topological polar surface area (TPSA) is 86.7 Å². The maximum absolute atomic E-state index is 11.7. The zero-order chi connectivity index (χ0) is 13.9. The third kappa shape index (κ3) is 2.03. The van der Waals surface area contributed by atoms with E-state index in [9.17, 15) is 4.79 Å². The number of nitrogens with zero attached hydrogens (tertiary/aromatic N) is 4. The summed E-state index contributed by atoms with van der Waals surface area (Å²) in [4.78, 5) is 16.0. The lowest BCUT2D eigenvalue weighted by Crippen LogP contribution is -2.14. The van der Waals surface area contributed by atoms with E-state index >= 15 is 0 Å². The number of primary amides is 1. The molecule has 0 saturated carbocycles. The first-order valence-electron chi connectivity index (χ1n) is 5.98. The fourth-order valence-corrected chi connectivity index (χ4v) is 2.05. The van der Waals surface area contributed by atoms with Gasteiger partial charge in [-0.25, -0.2) is 4.68 Å². The Morgan fingerprint density at radius 2 is 2.00 bits per heavy atom. The number of hydrogen-bond acceptors (Lipinski definition) is 4. The summed E-state index contributed by atoms with van der Waals surface area (Å²) in [7, 11) is 0. The van der Waals surface area contributed by atoms with Gasteiger partial charge in [0.25, 0.3) is 0 Å². The first-order chi connectivity index (χ1) is 9.77. The van der Waals surface area contributed by atoms with Crippen molar-refractivity contribution >= 4 is 5.91 Å². The molecule has 1 amide bonds. The van der Waals surface area contributed by atoms with Crippen LogP contribution in [0.1, 0.15) is 10.4 Å². The Morgan fingerprint density at radius 1 is 1.10 bits per heavy atom. The zero-order valence-corrected chi connectivity index (χ0v) is 10.5. The van der Waals surface area contributed by atoms with Crippen molar-refractivity contribution < 1.29 is 4.79 Å². The summed E-state index contributed by atoms with van der Waals surface area (Å²) < 4.78 is 1.58. The SMILES string of the molecule is NC(=O)c1cccc(-n2ccnn2)c1-c1ccccn1. The monoisotopic (exact) mass is 265 g/mol. The maximum atomic E-state index is 11.7. The minimum absolute atomic E-state index is 0.400. The lowest BCUT2D eigenvalue weighted by Gasteiger charge is -2.12. The normalized spacial score (nSPS) is 10.4. The van der Waals surface area contributed by atoms with Crippen molar-refractivity contribution in [3.05, 3.63) is 60.6 Å². The Labute approximate surface area is 114 Å². The van der Waals surface area contributed by atoms with Crippen molar-refractivity contribution in [3.63, 3.8) is 0 Å². The van der Waals surface area contributed by atoms with Gasteiger partial charge in [0, 0.05) is 11.8 Å². The molecule has 1 aromatic carbocycles. The molecule has 6 heteroatoms. The Morgan fingerprint density at radius 3 is 2.65 bits per heavy atom. The third-order valence-electron chi connectivity index (χ3n) is 2.90. The van der Waals surface area contributed by atoms with E-state index in [0.29, 0.717) is 22.5 Å². The quantitative estimate of drug-likeness (QED) is 0.776.